The molecule has 0 atom stereocenters. The van der Waals surface area contributed by atoms with E-state index in [1.54, 1.807) is 9.58 Å². The molecule has 7 nitrogen and oxygen atoms in total. The van der Waals surface area contributed by atoms with Crippen molar-refractivity contribution in [2.45, 2.75) is 32.7 Å². The van der Waals surface area contributed by atoms with Crippen molar-refractivity contribution < 1.29 is 9.69 Å². The lowest BCUT2D eigenvalue weighted by molar-refractivity contribution is -0.905. The molecule has 0 spiro atoms. The van der Waals surface area contributed by atoms with Gasteiger partial charge in [0.2, 0.25) is 5.95 Å². The minimum Gasteiger partial charge on any atom is -0.333 e. The second-order valence-electron chi connectivity index (χ2n) is 7.46. The highest BCUT2D eigenvalue weighted by atomic mass is 79.9. The van der Waals surface area contributed by atoms with E-state index in [2.05, 4.69) is 42.0 Å². The third-order valence-corrected chi connectivity index (χ3v) is 6.55. The van der Waals surface area contributed by atoms with E-state index in [9.17, 15) is 4.79 Å². The van der Waals surface area contributed by atoms with E-state index in [0.29, 0.717) is 16.1 Å². The van der Waals surface area contributed by atoms with Gasteiger partial charge in [-0.05, 0) is 54.2 Å². The lowest BCUT2D eigenvalue weighted by Crippen LogP contribution is -3.13. The Morgan fingerprint density at radius 2 is 2.00 bits per heavy atom. The molecule has 0 bridgehead atoms. The van der Waals surface area contributed by atoms with Gasteiger partial charge < -0.3 is 9.47 Å². The molecule has 28 heavy (non-hydrogen) atoms. The number of piperidine rings is 1. The van der Waals surface area contributed by atoms with Crippen LogP contribution in [0.4, 0.5) is 5.95 Å². The number of fused-ring (bicyclic) bond motifs is 1. The third-order valence-electron chi connectivity index (χ3n) is 5.61. The Kier molecular flexibility index (Phi) is 5.50. The summed E-state index contributed by atoms with van der Waals surface area (Å²) in [6.07, 6.45) is 3.95. The van der Waals surface area contributed by atoms with Gasteiger partial charge in [-0.15, -0.1) is 0 Å². The van der Waals surface area contributed by atoms with Crippen molar-refractivity contribution in [1.82, 2.24) is 19.3 Å². The van der Waals surface area contributed by atoms with Gasteiger partial charge in [-0.1, -0.05) is 12.1 Å². The van der Waals surface area contributed by atoms with Crippen LogP contribution in [0.5, 0.6) is 0 Å². The summed E-state index contributed by atoms with van der Waals surface area (Å²) >= 11 is 3.48. The monoisotopic (exact) mass is 445 g/mol. The van der Waals surface area contributed by atoms with Crippen LogP contribution < -0.4 is 10.2 Å². The molecule has 0 aliphatic carbocycles. The smallest absolute Gasteiger partial charge is 0.279 e. The highest BCUT2D eigenvalue weighted by Gasteiger charge is 2.21. The molecule has 1 saturated heterocycles. The number of benzene rings is 1. The number of aromatic nitrogens is 4. The maximum Gasteiger partial charge on any atom is 0.279 e. The Hall–Kier alpha value is -2.19. The van der Waals surface area contributed by atoms with Gasteiger partial charge in [0.1, 0.15) is 0 Å². The second kappa shape index (κ2) is 8.05. The topological polar surface area (TPSA) is 69.2 Å². The van der Waals surface area contributed by atoms with Crippen molar-refractivity contribution in [3.05, 3.63) is 40.1 Å². The molecule has 1 fully saturated rings. The lowest BCUT2D eigenvalue weighted by atomic mass is 10.1. The molecular formula is C20H26BrN6O+. The number of likely N-dealkylation sites (tertiary alicyclic amines) is 1. The van der Waals surface area contributed by atoms with Gasteiger partial charge >= 0.3 is 0 Å². The van der Waals surface area contributed by atoms with Crippen molar-refractivity contribution in [3.8, 4) is 0 Å². The van der Waals surface area contributed by atoms with Crippen LogP contribution in [0.1, 0.15) is 35.4 Å². The molecule has 1 aliphatic rings. The largest absolute Gasteiger partial charge is 0.333 e. The van der Waals surface area contributed by atoms with Crippen LogP contribution in [0.15, 0.2) is 28.7 Å². The van der Waals surface area contributed by atoms with Crippen LogP contribution in [0.2, 0.25) is 0 Å². The molecule has 1 aromatic carbocycles. The molecule has 3 aromatic rings. The maximum atomic E-state index is 12.9. The number of hydrogen-bond acceptors (Lipinski definition) is 3. The number of nitrogens with zero attached hydrogens (tertiary/aromatic N) is 4. The zero-order valence-corrected chi connectivity index (χ0v) is 17.9. The number of imidazole rings is 1. The average molecular weight is 446 g/mol. The zero-order valence-electron chi connectivity index (χ0n) is 16.3. The standard InChI is InChI=1S/C20H25BrN6O/c1-14-17(21)18(24-25(14)2)19(28)23-20-22-15-8-4-5-9-16(15)27(20)13-12-26-10-6-3-7-11-26/h4-5,8-9H,3,6-7,10-13H2,1-2H3,(H,22,23,28)/p+1. The van der Waals surface area contributed by atoms with E-state index >= 15 is 0 Å². The van der Waals surface area contributed by atoms with Crippen molar-refractivity contribution in [1.29, 1.82) is 0 Å². The summed E-state index contributed by atoms with van der Waals surface area (Å²) in [6.45, 7) is 6.25. The fourth-order valence-electron chi connectivity index (χ4n) is 3.86. The Bertz CT molecular complexity index is 1000. The highest BCUT2D eigenvalue weighted by Crippen LogP contribution is 2.23. The molecule has 2 N–H and O–H groups in total. The van der Waals surface area contributed by atoms with E-state index in [4.69, 9.17) is 0 Å². The van der Waals surface area contributed by atoms with Crippen LogP contribution >= 0.6 is 15.9 Å². The van der Waals surface area contributed by atoms with Crippen LogP contribution in [0.25, 0.3) is 11.0 Å². The SMILES string of the molecule is Cc1c(Br)c(C(=O)Nc2nc3ccccc3n2CC[NH+]2CCCCC2)nn1C. The molecule has 0 radical (unpaired) electrons. The van der Waals surface area contributed by atoms with Gasteiger partial charge in [-0.25, -0.2) is 4.98 Å². The summed E-state index contributed by atoms with van der Waals surface area (Å²) in [7, 11) is 1.83. The van der Waals surface area contributed by atoms with Crippen LogP contribution in [-0.2, 0) is 13.6 Å². The molecule has 0 saturated carbocycles. The predicted octanol–water partition coefficient (Wildman–Crippen LogP) is 2.16. The summed E-state index contributed by atoms with van der Waals surface area (Å²) in [5.41, 5.74) is 3.22. The number of para-hydroxylation sites is 2. The first kappa shape index (κ1) is 19.1. The molecule has 3 heterocycles. The highest BCUT2D eigenvalue weighted by molar-refractivity contribution is 9.10. The fourth-order valence-corrected chi connectivity index (χ4v) is 4.37. The Morgan fingerprint density at radius 1 is 1.25 bits per heavy atom. The zero-order chi connectivity index (χ0) is 19.7. The van der Waals surface area contributed by atoms with Gasteiger partial charge in [0.05, 0.1) is 47.4 Å². The quantitative estimate of drug-likeness (QED) is 0.631. The molecule has 1 aliphatic heterocycles. The number of quaternary nitrogens is 1. The van der Waals surface area contributed by atoms with Crippen molar-refractivity contribution in [2.75, 3.05) is 25.0 Å². The van der Waals surface area contributed by atoms with Gasteiger partial charge in [0, 0.05) is 7.05 Å². The van der Waals surface area contributed by atoms with Crippen molar-refractivity contribution in [2.24, 2.45) is 7.05 Å². The summed E-state index contributed by atoms with van der Waals surface area (Å²) in [5, 5.41) is 7.31. The normalized spacial score (nSPS) is 15.2. The summed E-state index contributed by atoms with van der Waals surface area (Å²) in [5.74, 6) is 0.329. The average Bonchev–Trinajstić information content (AvgIpc) is 3.18. The molecule has 1 amide bonds. The molecule has 0 unspecified atom stereocenters. The first-order valence-electron chi connectivity index (χ1n) is 9.84. The number of carbonyl (C=O) groups is 1. The first-order valence-corrected chi connectivity index (χ1v) is 10.6. The number of nitrogens with one attached hydrogen (secondary N) is 2. The molecule has 2 aromatic heterocycles. The van der Waals surface area contributed by atoms with Crippen LogP contribution in [0, 0.1) is 6.92 Å². The number of anilines is 1. The summed E-state index contributed by atoms with van der Waals surface area (Å²) < 4.78 is 4.54. The number of hydrogen-bond donors (Lipinski definition) is 2. The maximum absolute atomic E-state index is 12.9. The van der Waals surface area contributed by atoms with Crippen LogP contribution in [0.3, 0.4) is 0 Å². The van der Waals surface area contributed by atoms with E-state index in [0.717, 1.165) is 29.8 Å². The minimum absolute atomic E-state index is 0.252. The van der Waals surface area contributed by atoms with Gasteiger partial charge in [-0.3, -0.25) is 14.8 Å². The Morgan fingerprint density at radius 3 is 2.71 bits per heavy atom. The van der Waals surface area contributed by atoms with Gasteiger partial charge in [0.15, 0.2) is 5.69 Å². The summed E-state index contributed by atoms with van der Waals surface area (Å²) in [6, 6.07) is 8.03. The Labute approximate surface area is 172 Å². The number of carbonyl (C=O) groups excluding carboxylic acids is 1. The number of rotatable bonds is 5. The third kappa shape index (κ3) is 3.71. The lowest BCUT2D eigenvalue weighted by Gasteiger charge is -2.24. The van der Waals surface area contributed by atoms with Gasteiger partial charge in [-0.2, -0.15) is 5.10 Å². The molecule has 4 rings (SSSR count). The minimum atomic E-state index is -0.252. The van der Waals surface area contributed by atoms with Gasteiger partial charge in [0.25, 0.3) is 5.91 Å². The fraction of sp³-hybridized carbons (Fsp3) is 0.450. The van der Waals surface area contributed by atoms with Crippen LogP contribution in [-0.4, -0.2) is 44.9 Å². The second-order valence-corrected chi connectivity index (χ2v) is 8.26. The molecular weight excluding hydrogens is 420 g/mol. The molecule has 148 valence electrons. The van der Waals surface area contributed by atoms with E-state index in [1.807, 2.05) is 32.2 Å². The summed E-state index contributed by atoms with van der Waals surface area (Å²) in [4.78, 5) is 19.2. The number of amides is 1. The van der Waals surface area contributed by atoms with E-state index < -0.39 is 0 Å². The molecule has 8 heteroatoms. The predicted molar refractivity (Wildman–Crippen MR) is 113 cm³/mol. The number of aryl methyl sites for hydroxylation is 1. The number of halogens is 1. The van der Waals surface area contributed by atoms with E-state index in [-0.39, 0.29) is 5.91 Å². The first-order chi connectivity index (χ1) is 13.5. The Balaban J connectivity index is 1.60. The van der Waals surface area contributed by atoms with E-state index in [1.165, 1.54) is 32.4 Å². The van der Waals surface area contributed by atoms with Crippen molar-refractivity contribution >= 4 is 38.8 Å². The van der Waals surface area contributed by atoms with Crippen molar-refractivity contribution in [3.63, 3.8) is 0 Å².